The number of hydrogen-bond acceptors (Lipinski definition) is 7. The number of carbonyl (C=O) groups is 1. The summed E-state index contributed by atoms with van der Waals surface area (Å²) in [4.78, 5) is 11.5. The predicted octanol–water partition coefficient (Wildman–Crippen LogP) is -0.439. The average molecular weight is 283 g/mol. The van der Waals surface area contributed by atoms with Gasteiger partial charge in [-0.2, -0.15) is 0 Å². The SMILES string of the molecule is CS(=O)(=O)c1cccc(C(=O)Nc2nnn[nH]2)c1O. The van der Waals surface area contributed by atoms with Crippen molar-refractivity contribution in [3.05, 3.63) is 23.8 Å². The minimum absolute atomic E-state index is 0.0193. The summed E-state index contributed by atoms with van der Waals surface area (Å²) in [5.74, 6) is -1.37. The molecular formula is C9H9N5O4S. The molecule has 0 aliphatic carbocycles. The number of sulfone groups is 1. The van der Waals surface area contributed by atoms with Crippen LogP contribution in [0.4, 0.5) is 5.95 Å². The fourth-order valence-electron chi connectivity index (χ4n) is 1.39. The number of hydrogen-bond donors (Lipinski definition) is 3. The van der Waals surface area contributed by atoms with Crippen molar-refractivity contribution in [1.29, 1.82) is 0 Å². The van der Waals surface area contributed by atoms with Crippen LogP contribution in [-0.4, -0.2) is 46.3 Å². The van der Waals surface area contributed by atoms with Crippen LogP contribution < -0.4 is 5.32 Å². The second-order valence-electron chi connectivity index (χ2n) is 3.63. The Morgan fingerprint density at radius 2 is 2.16 bits per heavy atom. The minimum atomic E-state index is -3.63. The Hall–Kier alpha value is -2.49. The van der Waals surface area contributed by atoms with Gasteiger partial charge in [-0.25, -0.2) is 13.5 Å². The maximum absolute atomic E-state index is 11.8. The zero-order valence-electron chi connectivity index (χ0n) is 9.65. The first-order chi connectivity index (χ1) is 8.89. The number of nitrogens with one attached hydrogen (secondary N) is 2. The molecule has 0 radical (unpaired) electrons. The van der Waals surface area contributed by atoms with Crippen molar-refractivity contribution in [1.82, 2.24) is 20.6 Å². The van der Waals surface area contributed by atoms with E-state index in [1.807, 2.05) is 0 Å². The lowest BCUT2D eigenvalue weighted by Gasteiger charge is -2.07. The molecule has 0 atom stereocenters. The molecule has 0 fully saturated rings. The molecule has 0 aliphatic heterocycles. The first kappa shape index (κ1) is 13.0. The molecular weight excluding hydrogens is 274 g/mol. The number of phenolic OH excluding ortho intramolecular Hbond substituents is 1. The molecule has 2 rings (SSSR count). The van der Waals surface area contributed by atoms with Crippen LogP contribution >= 0.6 is 0 Å². The lowest BCUT2D eigenvalue weighted by Crippen LogP contribution is -2.14. The highest BCUT2D eigenvalue weighted by atomic mass is 32.2. The third-order valence-electron chi connectivity index (χ3n) is 2.22. The first-order valence-electron chi connectivity index (χ1n) is 4.96. The topological polar surface area (TPSA) is 138 Å². The number of anilines is 1. The van der Waals surface area contributed by atoms with Crippen LogP contribution in [0.5, 0.6) is 5.75 Å². The van der Waals surface area contributed by atoms with E-state index in [4.69, 9.17) is 0 Å². The fourth-order valence-corrected chi connectivity index (χ4v) is 2.18. The smallest absolute Gasteiger partial charge is 0.261 e. The van der Waals surface area contributed by atoms with Crippen LogP contribution in [0.25, 0.3) is 0 Å². The van der Waals surface area contributed by atoms with Gasteiger partial charge in [-0.15, -0.1) is 0 Å². The Balaban J connectivity index is 2.38. The molecule has 1 aromatic heterocycles. The van der Waals surface area contributed by atoms with E-state index in [9.17, 15) is 18.3 Å². The molecule has 0 unspecified atom stereocenters. The predicted molar refractivity (Wildman–Crippen MR) is 63.3 cm³/mol. The molecule has 0 spiro atoms. The maximum Gasteiger partial charge on any atom is 0.261 e. The number of H-pyrrole nitrogens is 1. The zero-order chi connectivity index (χ0) is 14.0. The van der Waals surface area contributed by atoms with E-state index >= 15 is 0 Å². The Morgan fingerprint density at radius 1 is 1.42 bits per heavy atom. The zero-order valence-corrected chi connectivity index (χ0v) is 10.5. The summed E-state index contributed by atoms with van der Waals surface area (Å²) in [6.07, 6.45) is 0.935. The van der Waals surface area contributed by atoms with Crippen LogP contribution in [0.15, 0.2) is 23.1 Å². The summed E-state index contributed by atoms with van der Waals surface area (Å²) in [7, 11) is -3.63. The Kier molecular flexibility index (Phi) is 3.17. The van der Waals surface area contributed by atoms with Crippen molar-refractivity contribution in [3.63, 3.8) is 0 Å². The average Bonchev–Trinajstić information content (AvgIpc) is 2.80. The van der Waals surface area contributed by atoms with Crippen LogP contribution in [0.3, 0.4) is 0 Å². The van der Waals surface area contributed by atoms with Gasteiger partial charge in [0, 0.05) is 6.26 Å². The van der Waals surface area contributed by atoms with Crippen molar-refractivity contribution >= 4 is 21.7 Å². The molecule has 1 aromatic carbocycles. The highest BCUT2D eigenvalue weighted by Crippen LogP contribution is 2.26. The van der Waals surface area contributed by atoms with Crippen molar-refractivity contribution in [3.8, 4) is 5.75 Å². The summed E-state index contributed by atoms with van der Waals surface area (Å²) in [5.41, 5.74) is -0.195. The first-order valence-corrected chi connectivity index (χ1v) is 6.86. The monoisotopic (exact) mass is 283 g/mol. The lowest BCUT2D eigenvalue weighted by atomic mass is 10.2. The van der Waals surface area contributed by atoms with E-state index in [1.165, 1.54) is 18.2 Å². The van der Waals surface area contributed by atoms with E-state index in [1.54, 1.807) is 0 Å². The number of amides is 1. The van der Waals surface area contributed by atoms with Gasteiger partial charge < -0.3 is 5.11 Å². The Bertz CT molecular complexity index is 710. The number of aromatic nitrogens is 4. The van der Waals surface area contributed by atoms with E-state index in [0.29, 0.717) is 0 Å². The number of rotatable bonds is 3. The molecule has 100 valence electrons. The maximum atomic E-state index is 11.8. The quantitative estimate of drug-likeness (QED) is 0.694. The van der Waals surface area contributed by atoms with Gasteiger partial charge in [0.15, 0.2) is 9.84 Å². The summed E-state index contributed by atoms with van der Waals surface area (Å²) in [5, 5.41) is 24.3. The van der Waals surface area contributed by atoms with E-state index < -0.39 is 21.5 Å². The molecule has 0 bridgehead atoms. The number of para-hydroxylation sites is 1. The summed E-state index contributed by atoms with van der Waals surface area (Å²) >= 11 is 0. The number of nitrogens with zero attached hydrogens (tertiary/aromatic N) is 3. The van der Waals surface area contributed by atoms with Crippen molar-refractivity contribution in [2.45, 2.75) is 4.90 Å². The minimum Gasteiger partial charge on any atom is -0.506 e. The highest BCUT2D eigenvalue weighted by molar-refractivity contribution is 7.90. The molecule has 19 heavy (non-hydrogen) atoms. The normalized spacial score (nSPS) is 11.2. The Morgan fingerprint density at radius 3 is 2.74 bits per heavy atom. The number of aromatic hydroxyl groups is 1. The number of carbonyl (C=O) groups excluding carboxylic acids is 1. The lowest BCUT2D eigenvalue weighted by molar-refractivity contribution is 0.102. The van der Waals surface area contributed by atoms with Crippen LogP contribution in [-0.2, 0) is 9.84 Å². The number of phenols is 1. The van der Waals surface area contributed by atoms with Gasteiger partial charge in [0.05, 0.1) is 5.56 Å². The molecule has 1 amide bonds. The van der Waals surface area contributed by atoms with E-state index in [-0.39, 0.29) is 16.4 Å². The van der Waals surface area contributed by atoms with Gasteiger partial charge in [-0.05, 0) is 22.6 Å². The third-order valence-corrected chi connectivity index (χ3v) is 3.35. The summed E-state index contributed by atoms with van der Waals surface area (Å²) in [6, 6.07) is 3.84. The van der Waals surface area contributed by atoms with Gasteiger partial charge in [0.2, 0.25) is 5.95 Å². The van der Waals surface area contributed by atoms with Gasteiger partial charge in [0.25, 0.3) is 5.91 Å². The molecule has 0 saturated carbocycles. The standard InChI is InChI=1S/C9H9N5O4S/c1-19(17,18)6-4-2-3-5(7(6)15)8(16)10-9-11-13-14-12-9/h2-4,15H,1H3,(H2,10,11,12,13,14,16). The second kappa shape index (κ2) is 4.65. The van der Waals surface area contributed by atoms with Gasteiger partial charge in [-0.1, -0.05) is 11.2 Å². The third kappa shape index (κ3) is 2.68. The highest BCUT2D eigenvalue weighted by Gasteiger charge is 2.20. The second-order valence-corrected chi connectivity index (χ2v) is 5.61. The van der Waals surface area contributed by atoms with Gasteiger partial charge in [0.1, 0.15) is 10.6 Å². The molecule has 2 aromatic rings. The van der Waals surface area contributed by atoms with Gasteiger partial charge in [-0.3, -0.25) is 10.1 Å². The number of benzene rings is 1. The van der Waals surface area contributed by atoms with Crippen LogP contribution in [0, 0.1) is 0 Å². The molecule has 10 heteroatoms. The number of aromatic amines is 1. The molecule has 0 saturated heterocycles. The van der Waals surface area contributed by atoms with E-state index in [2.05, 4.69) is 25.9 Å². The number of tetrazole rings is 1. The molecule has 3 N–H and O–H groups in total. The van der Waals surface area contributed by atoms with Crippen molar-refractivity contribution < 1.29 is 18.3 Å². The van der Waals surface area contributed by atoms with E-state index in [0.717, 1.165) is 6.26 Å². The molecule has 0 aliphatic rings. The van der Waals surface area contributed by atoms with Crippen LogP contribution in [0.1, 0.15) is 10.4 Å². The molecule has 9 nitrogen and oxygen atoms in total. The summed E-state index contributed by atoms with van der Waals surface area (Å²) in [6.45, 7) is 0. The summed E-state index contributed by atoms with van der Waals surface area (Å²) < 4.78 is 22.8. The van der Waals surface area contributed by atoms with Crippen molar-refractivity contribution in [2.24, 2.45) is 0 Å². The molecule has 1 heterocycles. The van der Waals surface area contributed by atoms with Crippen molar-refractivity contribution in [2.75, 3.05) is 11.6 Å². The largest absolute Gasteiger partial charge is 0.506 e. The fraction of sp³-hybridized carbons (Fsp3) is 0.111. The Labute approximate surface area is 107 Å². The van der Waals surface area contributed by atoms with Gasteiger partial charge >= 0.3 is 0 Å². The van der Waals surface area contributed by atoms with Crippen LogP contribution in [0.2, 0.25) is 0 Å².